The van der Waals surface area contributed by atoms with Crippen LogP contribution in [0.4, 0.5) is 4.39 Å². The standard InChI is InChI=1S/C9H12FNO2S/c1-7-3-2-4-8(9(7)10)14(12,13)6-5-11/h2-4H,5-6,11H2,1H3. The van der Waals surface area contributed by atoms with E-state index in [9.17, 15) is 12.8 Å². The first-order valence-corrected chi connectivity index (χ1v) is 5.82. The Kier molecular flexibility index (Phi) is 3.23. The van der Waals surface area contributed by atoms with Gasteiger partial charge in [-0.1, -0.05) is 12.1 Å². The van der Waals surface area contributed by atoms with Crippen LogP contribution in [0.5, 0.6) is 0 Å². The summed E-state index contributed by atoms with van der Waals surface area (Å²) < 4.78 is 36.4. The smallest absolute Gasteiger partial charge is 0.182 e. The third-order valence-corrected chi connectivity index (χ3v) is 3.64. The summed E-state index contributed by atoms with van der Waals surface area (Å²) in [4.78, 5) is -0.261. The molecule has 0 bridgehead atoms. The monoisotopic (exact) mass is 217 g/mol. The Morgan fingerprint density at radius 3 is 2.64 bits per heavy atom. The second-order valence-electron chi connectivity index (χ2n) is 2.99. The number of sulfone groups is 1. The summed E-state index contributed by atoms with van der Waals surface area (Å²) in [6, 6.07) is 4.30. The summed E-state index contributed by atoms with van der Waals surface area (Å²) in [5.41, 5.74) is 5.46. The largest absolute Gasteiger partial charge is 0.329 e. The third-order valence-electron chi connectivity index (χ3n) is 1.88. The molecule has 0 saturated heterocycles. The van der Waals surface area contributed by atoms with E-state index in [1.807, 2.05) is 0 Å². The van der Waals surface area contributed by atoms with Crippen LogP contribution in [0.2, 0.25) is 0 Å². The summed E-state index contributed by atoms with van der Waals surface area (Å²) >= 11 is 0. The van der Waals surface area contributed by atoms with Crippen molar-refractivity contribution in [1.82, 2.24) is 0 Å². The highest BCUT2D eigenvalue weighted by molar-refractivity contribution is 7.91. The van der Waals surface area contributed by atoms with E-state index in [1.54, 1.807) is 0 Å². The first-order chi connectivity index (χ1) is 6.49. The van der Waals surface area contributed by atoms with Crippen LogP contribution < -0.4 is 5.73 Å². The lowest BCUT2D eigenvalue weighted by Crippen LogP contribution is -2.17. The van der Waals surface area contributed by atoms with Crippen molar-refractivity contribution >= 4 is 9.84 Å². The highest BCUT2D eigenvalue weighted by Crippen LogP contribution is 2.18. The number of benzene rings is 1. The number of rotatable bonds is 3. The first-order valence-electron chi connectivity index (χ1n) is 4.17. The molecule has 0 amide bonds. The molecule has 1 rings (SSSR count). The molecule has 14 heavy (non-hydrogen) atoms. The summed E-state index contributed by atoms with van der Waals surface area (Å²) in [6.07, 6.45) is 0. The van der Waals surface area contributed by atoms with Crippen LogP contribution in [0.25, 0.3) is 0 Å². The van der Waals surface area contributed by atoms with Gasteiger partial charge in [0, 0.05) is 6.54 Å². The highest BCUT2D eigenvalue weighted by atomic mass is 32.2. The van der Waals surface area contributed by atoms with E-state index in [0.29, 0.717) is 5.56 Å². The molecule has 5 heteroatoms. The molecule has 0 spiro atoms. The molecular formula is C9H12FNO2S. The lowest BCUT2D eigenvalue weighted by Gasteiger charge is -2.05. The van der Waals surface area contributed by atoms with E-state index in [1.165, 1.54) is 25.1 Å². The molecule has 0 aliphatic heterocycles. The van der Waals surface area contributed by atoms with Gasteiger partial charge in [0.2, 0.25) is 0 Å². The minimum absolute atomic E-state index is 0.00425. The Labute approximate surface area is 82.7 Å². The minimum Gasteiger partial charge on any atom is -0.329 e. The molecule has 0 aliphatic carbocycles. The van der Waals surface area contributed by atoms with Crippen molar-refractivity contribution in [2.75, 3.05) is 12.3 Å². The summed E-state index contributed by atoms with van der Waals surface area (Å²) in [5.74, 6) is -0.908. The van der Waals surface area contributed by atoms with Gasteiger partial charge in [-0.05, 0) is 18.6 Å². The SMILES string of the molecule is Cc1cccc(S(=O)(=O)CCN)c1F. The fraction of sp³-hybridized carbons (Fsp3) is 0.333. The molecule has 2 N–H and O–H groups in total. The van der Waals surface area contributed by atoms with Gasteiger partial charge in [-0.25, -0.2) is 12.8 Å². The van der Waals surface area contributed by atoms with Gasteiger partial charge in [0.25, 0.3) is 0 Å². The van der Waals surface area contributed by atoms with E-state index in [-0.39, 0.29) is 17.2 Å². The highest BCUT2D eigenvalue weighted by Gasteiger charge is 2.18. The van der Waals surface area contributed by atoms with Gasteiger partial charge in [-0.2, -0.15) is 0 Å². The third kappa shape index (κ3) is 2.10. The maximum Gasteiger partial charge on any atom is 0.182 e. The Morgan fingerprint density at radius 1 is 1.43 bits per heavy atom. The minimum atomic E-state index is -3.56. The van der Waals surface area contributed by atoms with E-state index in [4.69, 9.17) is 5.73 Å². The van der Waals surface area contributed by atoms with Gasteiger partial charge in [-0.3, -0.25) is 0 Å². The summed E-state index contributed by atoms with van der Waals surface area (Å²) in [7, 11) is -3.56. The number of halogens is 1. The lowest BCUT2D eigenvalue weighted by molar-refractivity contribution is 0.562. The zero-order chi connectivity index (χ0) is 10.8. The molecule has 0 radical (unpaired) electrons. The van der Waals surface area contributed by atoms with Crippen LogP contribution in [0.15, 0.2) is 23.1 Å². The molecule has 78 valence electrons. The predicted octanol–water partition coefficient (Wildman–Crippen LogP) is 0.867. The van der Waals surface area contributed by atoms with Crippen molar-refractivity contribution in [3.8, 4) is 0 Å². The van der Waals surface area contributed by atoms with Crippen molar-refractivity contribution < 1.29 is 12.8 Å². The van der Waals surface area contributed by atoms with Crippen molar-refractivity contribution in [3.63, 3.8) is 0 Å². The Morgan fingerprint density at radius 2 is 2.07 bits per heavy atom. The number of hydrogen-bond acceptors (Lipinski definition) is 3. The Hall–Kier alpha value is -0.940. The topological polar surface area (TPSA) is 60.2 Å². The number of nitrogens with two attached hydrogens (primary N) is 1. The van der Waals surface area contributed by atoms with Gasteiger partial charge in [0.15, 0.2) is 9.84 Å². The second kappa shape index (κ2) is 4.06. The number of aryl methyl sites for hydroxylation is 1. The molecule has 1 aromatic carbocycles. The Bertz CT molecular complexity index is 428. The van der Waals surface area contributed by atoms with Gasteiger partial charge < -0.3 is 5.73 Å². The van der Waals surface area contributed by atoms with Crippen LogP contribution in [-0.2, 0) is 9.84 Å². The predicted molar refractivity (Wildman–Crippen MR) is 52.2 cm³/mol. The average Bonchev–Trinajstić information content (AvgIpc) is 2.09. The zero-order valence-corrected chi connectivity index (χ0v) is 8.64. The van der Waals surface area contributed by atoms with Crippen LogP contribution in [0.1, 0.15) is 5.56 Å². The van der Waals surface area contributed by atoms with Crippen LogP contribution in [0, 0.1) is 12.7 Å². The van der Waals surface area contributed by atoms with E-state index in [0.717, 1.165) is 0 Å². The molecular weight excluding hydrogens is 205 g/mol. The molecule has 0 saturated carbocycles. The molecule has 3 nitrogen and oxygen atoms in total. The average molecular weight is 217 g/mol. The second-order valence-corrected chi connectivity index (χ2v) is 5.07. The molecule has 0 atom stereocenters. The Balaban J connectivity index is 3.27. The quantitative estimate of drug-likeness (QED) is 0.817. The maximum absolute atomic E-state index is 13.4. The van der Waals surface area contributed by atoms with E-state index in [2.05, 4.69) is 0 Å². The molecule has 0 aliphatic rings. The van der Waals surface area contributed by atoms with Gasteiger partial charge in [-0.15, -0.1) is 0 Å². The van der Waals surface area contributed by atoms with Crippen molar-refractivity contribution in [1.29, 1.82) is 0 Å². The van der Waals surface area contributed by atoms with Gasteiger partial charge >= 0.3 is 0 Å². The van der Waals surface area contributed by atoms with Crippen LogP contribution >= 0.6 is 0 Å². The molecule has 0 fully saturated rings. The van der Waals surface area contributed by atoms with Crippen molar-refractivity contribution in [2.24, 2.45) is 5.73 Å². The zero-order valence-electron chi connectivity index (χ0n) is 7.83. The van der Waals surface area contributed by atoms with E-state index >= 15 is 0 Å². The maximum atomic E-state index is 13.4. The molecule has 0 aromatic heterocycles. The molecule has 1 aromatic rings. The van der Waals surface area contributed by atoms with Crippen LogP contribution in [0.3, 0.4) is 0 Å². The lowest BCUT2D eigenvalue weighted by atomic mass is 10.2. The summed E-state index contributed by atoms with van der Waals surface area (Å²) in [5, 5.41) is 0. The fourth-order valence-corrected chi connectivity index (χ4v) is 2.38. The fourth-order valence-electron chi connectivity index (χ4n) is 1.13. The van der Waals surface area contributed by atoms with Crippen molar-refractivity contribution in [3.05, 3.63) is 29.6 Å². The van der Waals surface area contributed by atoms with E-state index < -0.39 is 15.7 Å². The summed E-state index contributed by atoms with van der Waals surface area (Å²) in [6.45, 7) is 1.52. The first kappa shape index (κ1) is 11.1. The number of hydrogen-bond donors (Lipinski definition) is 1. The van der Waals surface area contributed by atoms with Gasteiger partial charge in [0.05, 0.1) is 5.75 Å². The normalized spacial score (nSPS) is 11.6. The van der Waals surface area contributed by atoms with Crippen molar-refractivity contribution in [2.45, 2.75) is 11.8 Å². The van der Waals surface area contributed by atoms with Crippen LogP contribution in [-0.4, -0.2) is 20.7 Å². The molecule has 0 heterocycles. The molecule has 0 unspecified atom stereocenters. The van der Waals surface area contributed by atoms with Gasteiger partial charge in [0.1, 0.15) is 10.7 Å².